The monoisotopic (exact) mass is 343 g/mol. The van der Waals surface area contributed by atoms with Crippen molar-refractivity contribution in [1.29, 1.82) is 0 Å². The summed E-state index contributed by atoms with van der Waals surface area (Å²) in [6, 6.07) is 16.4. The highest BCUT2D eigenvalue weighted by atomic mass is 16.1. The number of aromatic amines is 1. The molecule has 2 aromatic carbocycles. The number of amides is 1. The summed E-state index contributed by atoms with van der Waals surface area (Å²) in [5.74, 6) is -0.00962. The molecule has 130 valence electrons. The predicted molar refractivity (Wildman–Crippen MR) is 104 cm³/mol. The number of fused-ring (bicyclic) bond motifs is 4. The van der Waals surface area contributed by atoms with Crippen molar-refractivity contribution in [3.63, 3.8) is 0 Å². The molecule has 2 aromatic heterocycles. The van der Waals surface area contributed by atoms with Crippen LogP contribution in [-0.4, -0.2) is 15.5 Å². The third-order valence-corrected chi connectivity index (χ3v) is 5.57. The summed E-state index contributed by atoms with van der Waals surface area (Å²) >= 11 is 0. The van der Waals surface area contributed by atoms with Gasteiger partial charge in [-0.3, -0.25) is 4.79 Å². The van der Waals surface area contributed by atoms with Gasteiger partial charge in [0, 0.05) is 40.9 Å². The third kappa shape index (κ3) is 2.33. The molecule has 0 bridgehead atoms. The summed E-state index contributed by atoms with van der Waals surface area (Å²) in [5.41, 5.74) is 5.47. The second-order valence-corrected chi connectivity index (χ2v) is 7.18. The summed E-state index contributed by atoms with van der Waals surface area (Å²) in [4.78, 5) is 16.4. The minimum absolute atomic E-state index is 0.00962. The summed E-state index contributed by atoms with van der Waals surface area (Å²) < 4.78 is 2.04. The molecule has 0 saturated carbocycles. The molecule has 4 nitrogen and oxygen atoms in total. The highest BCUT2D eigenvalue weighted by Gasteiger charge is 2.25. The van der Waals surface area contributed by atoms with Gasteiger partial charge in [0.2, 0.25) is 0 Å². The Hall–Kier alpha value is -3.01. The van der Waals surface area contributed by atoms with Crippen molar-refractivity contribution in [2.45, 2.75) is 25.3 Å². The number of nitrogens with zero attached hydrogens (tertiary/aromatic N) is 1. The standard InChI is InChI=1S/C22H21N3O/c1-25-12-11-14-9-10-15(13-20(14)25)22(26)24-19-8-4-6-17-16-5-2-3-7-18(16)23-21(17)19/h2-3,5,7,9-13,19,23H,4,6,8H2,1H3,(H,24,26)/t19-/m1/s1. The average Bonchev–Trinajstić information content (AvgIpc) is 3.23. The van der Waals surface area contributed by atoms with Gasteiger partial charge >= 0.3 is 0 Å². The number of carbonyl (C=O) groups excluding carboxylic acids is 1. The highest BCUT2D eigenvalue weighted by Crippen LogP contribution is 2.34. The topological polar surface area (TPSA) is 49.8 Å². The Morgan fingerprint density at radius 2 is 2.08 bits per heavy atom. The molecule has 0 radical (unpaired) electrons. The molecule has 1 amide bonds. The molecule has 5 rings (SSSR count). The Morgan fingerprint density at radius 1 is 1.19 bits per heavy atom. The fourth-order valence-electron chi connectivity index (χ4n) is 4.20. The first kappa shape index (κ1) is 15.3. The van der Waals surface area contributed by atoms with E-state index in [1.165, 1.54) is 16.6 Å². The Morgan fingerprint density at radius 3 is 3.00 bits per heavy atom. The quantitative estimate of drug-likeness (QED) is 0.554. The molecule has 2 N–H and O–H groups in total. The van der Waals surface area contributed by atoms with Gasteiger partial charge in [0.1, 0.15) is 0 Å². The van der Waals surface area contributed by atoms with E-state index < -0.39 is 0 Å². The van der Waals surface area contributed by atoms with Crippen molar-refractivity contribution in [2.75, 3.05) is 0 Å². The lowest BCUT2D eigenvalue weighted by Crippen LogP contribution is -2.31. The van der Waals surface area contributed by atoms with Crippen molar-refractivity contribution >= 4 is 27.7 Å². The molecule has 0 spiro atoms. The highest BCUT2D eigenvalue weighted by molar-refractivity contribution is 5.98. The normalized spacial score (nSPS) is 16.7. The second kappa shape index (κ2) is 5.77. The minimum atomic E-state index is -0.00962. The average molecular weight is 343 g/mol. The van der Waals surface area contributed by atoms with Crippen molar-refractivity contribution in [3.8, 4) is 0 Å². The van der Waals surface area contributed by atoms with Gasteiger partial charge in [0.25, 0.3) is 5.91 Å². The van der Waals surface area contributed by atoms with E-state index in [-0.39, 0.29) is 11.9 Å². The van der Waals surface area contributed by atoms with Crippen LogP contribution in [0.1, 0.15) is 40.5 Å². The SMILES string of the molecule is Cn1ccc2ccc(C(=O)N[C@@H]3CCCc4c3[nH]c3ccccc43)cc21. The van der Waals surface area contributed by atoms with E-state index in [2.05, 4.69) is 34.6 Å². The smallest absolute Gasteiger partial charge is 0.251 e. The largest absolute Gasteiger partial charge is 0.356 e. The third-order valence-electron chi connectivity index (χ3n) is 5.57. The van der Waals surface area contributed by atoms with E-state index >= 15 is 0 Å². The molecule has 26 heavy (non-hydrogen) atoms. The molecule has 4 heteroatoms. The summed E-state index contributed by atoms with van der Waals surface area (Å²) in [6.45, 7) is 0. The molecule has 0 aliphatic heterocycles. The number of carbonyl (C=O) groups is 1. The number of para-hydroxylation sites is 1. The maximum Gasteiger partial charge on any atom is 0.251 e. The van der Waals surface area contributed by atoms with E-state index in [4.69, 9.17) is 0 Å². The summed E-state index contributed by atoms with van der Waals surface area (Å²) in [5, 5.41) is 5.69. The Bertz CT molecular complexity index is 1130. The van der Waals surface area contributed by atoms with Crippen molar-refractivity contribution in [1.82, 2.24) is 14.9 Å². The zero-order chi connectivity index (χ0) is 17.7. The first-order valence-corrected chi connectivity index (χ1v) is 9.16. The van der Waals surface area contributed by atoms with Crippen LogP contribution in [0.25, 0.3) is 21.8 Å². The van der Waals surface area contributed by atoms with Gasteiger partial charge < -0.3 is 14.9 Å². The number of rotatable bonds is 2. The molecule has 0 unspecified atom stereocenters. The Labute approximate surface area is 151 Å². The fraction of sp³-hybridized carbons (Fsp3) is 0.227. The Kier molecular flexibility index (Phi) is 3.38. The molecule has 4 aromatic rings. The van der Waals surface area contributed by atoms with E-state index in [1.54, 1.807) is 0 Å². The lowest BCUT2D eigenvalue weighted by atomic mass is 9.91. The van der Waals surface area contributed by atoms with E-state index in [9.17, 15) is 4.79 Å². The number of benzene rings is 2. The van der Waals surface area contributed by atoms with Crippen molar-refractivity contribution in [2.24, 2.45) is 7.05 Å². The van der Waals surface area contributed by atoms with Crippen LogP contribution >= 0.6 is 0 Å². The van der Waals surface area contributed by atoms with Crippen LogP contribution < -0.4 is 5.32 Å². The zero-order valence-electron chi connectivity index (χ0n) is 14.8. The van der Waals surface area contributed by atoms with Crippen LogP contribution in [0, 0.1) is 0 Å². The minimum Gasteiger partial charge on any atom is -0.356 e. The van der Waals surface area contributed by atoms with Crippen LogP contribution in [-0.2, 0) is 13.5 Å². The van der Waals surface area contributed by atoms with Gasteiger partial charge in [0.15, 0.2) is 0 Å². The van der Waals surface area contributed by atoms with Gasteiger partial charge in [0.05, 0.1) is 6.04 Å². The van der Waals surface area contributed by atoms with Gasteiger partial charge in [-0.05, 0) is 54.5 Å². The number of H-pyrrole nitrogens is 1. The van der Waals surface area contributed by atoms with E-state index in [1.807, 2.05) is 42.1 Å². The number of hydrogen-bond donors (Lipinski definition) is 2. The van der Waals surface area contributed by atoms with Crippen LogP contribution in [0.15, 0.2) is 54.7 Å². The molecule has 2 heterocycles. The van der Waals surface area contributed by atoms with Crippen molar-refractivity contribution in [3.05, 3.63) is 71.5 Å². The number of aryl methyl sites for hydroxylation is 2. The molecule has 1 aliphatic rings. The second-order valence-electron chi connectivity index (χ2n) is 7.18. The summed E-state index contributed by atoms with van der Waals surface area (Å²) in [7, 11) is 2.00. The van der Waals surface area contributed by atoms with Gasteiger partial charge in [-0.15, -0.1) is 0 Å². The van der Waals surface area contributed by atoms with Gasteiger partial charge in [-0.1, -0.05) is 24.3 Å². The maximum atomic E-state index is 12.9. The maximum absolute atomic E-state index is 12.9. The first-order chi connectivity index (χ1) is 12.7. The number of hydrogen-bond acceptors (Lipinski definition) is 1. The molecule has 1 aliphatic carbocycles. The van der Waals surface area contributed by atoms with Crippen LogP contribution in [0.4, 0.5) is 0 Å². The van der Waals surface area contributed by atoms with Crippen LogP contribution in [0.2, 0.25) is 0 Å². The zero-order valence-corrected chi connectivity index (χ0v) is 14.8. The molecular weight excluding hydrogens is 322 g/mol. The predicted octanol–water partition coefficient (Wildman–Crippen LogP) is 4.47. The molecule has 1 atom stereocenters. The molecule has 0 saturated heterocycles. The fourth-order valence-corrected chi connectivity index (χ4v) is 4.20. The van der Waals surface area contributed by atoms with Crippen LogP contribution in [0.3, 0.4) is 0 Å². The molecule has 0 fully saturated rings. The van der Waals surface area contributed by atoms with Crippen molar-refractivity contribution < 1.29 is 4.79 Å². The Balaban J connectivity index is 1.48. The first-order valence-electron chi connectivity index (χ1n) is 9.16. The van der Waals surface area contributed by atoms with E-state index in [0.717, 1.165) is 35.7 Å². The number of aromatic nitrogens is 2. The lowest BCUT2D eigenvalue weighted by Gasteiger charge is -2.24. The van der Waals surface area contributed by atoms with Gasteiger partial charge in [-0.2, -0.15) is 0 Å². The number of nitrogens with one attached hydrogen (secondary N) is 2. The molecular formula is C22H21N3O. The van der Waals surface area contributed by atoms with Crippen LogP contribution in [0.5, 0.6) is 0 Å². The summed E-state index contributed by atoms with van der Waals surface area (Å²) in [6.07, 6.45) is 5.15. The van der Waals surface area contributed by atoms with E-state index in [0.29, 0.717) is 5.56 Å². The lowest BCUT2D eigenvalue weighted by molar-refractivity contribution is 0.0932. The van der Waals surface area contributed by atoms with Gasteiger partial charge in [-0.25, -0.2) is 0 Å².